The second-order valence-electron chi connectivity index (χ2n) is 5.24. The molecule has 0 radical (unpaired) electrons. The van der Waals surface area contributed by atoms with Gasteiger partial charge in [0.2, 0.25) is 10.0 Å². The van der Waals surface area contributed by atoms with Gasteiger partial charge in [0.1, 0.15) is 9.23 Å². The topological polar surface area (TPSA) is 49.4 Å². The Kier molecular flexibility index (Phi) is 6.35. The van der Waals surface area contributed by atoms with Crippen molar-refractivity contribution in [2.45, 2.75) is 31.1 Å². The van der Waals surface area contributed by atoms with E-state index in [0.29, 0.717) is 23.3 Å². The second-order valence-corrected chi connectivity index (χ2v) is 9.44. The summed E-state index contributed by atoms with van der Waals surface area (Å²) in [4.78, 5) is 0.140. The average Bonchev–Trinajstić information content (AvgIpc) is 2.79. The van der Waals surface area contributed by atoms with E-state index in [-0.39, 0.29) is 9.23 Å². The van der Waals surface area contributed by atoms with Crippen LogP contribution < -0.4 is 5.32 Å². The number of hydrogen-bond donors (Lipinski definition) is 1. The van der Waals surface area contributed by atoms with Crippen LogP contribution in [0, 0.1) is 5.92 Å². The van der Waals surface area contributed by atoms with Crippen molar-refractivity contribution in [1.29, 1.82) is 0 Å². The van der Waals surface area contributed by atoms with Crippen molar-refractivity contribution in [2.75, 3.05) is 26.2 Å². The number of thiophene rings is 1. The Bertz CT molecular complexity index is 569. The van der Waals surface area contributed by atoms with E-state index in [1.165, 1.54) is 6.07 Å². The summed E-state index contributed by atoms with van der Waals surface area (Å²) in [5.41, 5.74) is 0. The predicted molar refractivity (Wildman–Crippen MR) is 89.0 cm³/mol. The van der Waals surface area contributed by atoms with E-state index in [1.807, 2.05) is 6.92 Å². The number of nitrogens with one attached hydrogen (secondary N) is 1. The van der Waals surface area contributed by atoms with Crippen molar-refractivity contribution in [3.63, 3.8) is 0 Å². The van der Waals surface area contributed by atoms with Crippen LogP contribution in [-0.4, -0.2) is 38.9 Å². The molecule has 0 unspecified atom stereocenters. The third-order valence-electron chi connectivity index (χ3n) is 3.64. The lowest BCUT2D eigenvalue weighted by Crippen LogP contribution is -2.39. The fourth-order valence-electron chi connectivity index (χ4n) is 2.55. The highest BCUT2D eigenvalue weighted by molar-refractivity contribution is 7.89. The lowest BCUT2D eigenvalue weighted by Gasteiger charge is -2.29. The van der Waals surface area contributed by atoms with Gasteiger partial charge in [-0.15, -0.1) is 11.3 Å². The van der Waals surface area contributed by atoms with Crippen LogP contribution in [0.15, 0.2) is 11.0 Å². The molecule has 0 aliphatic carbocycles. The average molecular weight is 371 g/mol. The molecule has 120 valence electrons. The van der Waals surface area contributed by atoms with Gasteiger partial charge in [-0.05, 0) is 44.3 Å². The van der Waals surface area contributed by atoms with Crippen LogP contribution in [0.3, 0.4) is 0 Å². The largest absolute Gasteiger partial charge is 0.317 e. The van der Waals surface area contributed by atoms with Gasteiger partial charge < -0.3 is 5.32 Å². The van der Waals surface area contributed by atoms with Gasteiger partial charge in [-0.3, -0.25) is 0 Å². The Labute approximate surface area is 140 Å². The summed E-state index contributed by atoms with van der Waals surface area (Å²) in [6.45, 7) is 4.95. The molecule has 1 N–H and O–H groups in total. The van der Waals surface area contributed by atoms with Crippen molar-refractivity contribution in [3.05, 3.63) is 14.7 Å². The maximum absolute atomic E-state index is 12.8. The lowest BCUT2D eigenvalue weighted by molar-refractivity contribution is 0.288. The van der Waals surface area contributed by atoms with Crippen LogP contribution in [0.1, 0.15) is 26.2 Å². The summed E-state index contributed by atoms with van der Waals surface area (Å²) < 4.78 is 27.8. The Hall–Kier alpha value is 0.150. The van der Waals surface area contributed by atoms with Crippen LogP contribution in [0.4, 0.5) is 0 Å². The maximum atomic E-state index is 12.8. The van der Waals surface area contributed by atoms with Crippen molar-refractivity contribution >= 4 is 44.6 Å². The van der Waals surface area contributed by atoms with E-state index in [4.69, 9.17) is 23.2 Å². The van der Waals surface area contributed by atoms with Crippen LogP contribution >= 0.6 is 34.5 Å². The molecule has 0 spiro atoms. The van der Waals surface area contributed by atoms with Crippen LogP contribution in [-0.2, 0) is 10.0 Å². The molecule has 0 aromatic carbocycles. The molecule has 0 atom stereocenters. The summed E-state index contributed by atoms with van der Waals surface area (Å²) in [5, 5.41) is 3.30. The Balaban J connectivity index is 2.21. The van der Waals surface area contributed by atoms with E-state index in [0.717, 1.165) is 43.7 Å². The number of rotatable bonds is 6. The van der Waals surface area contributed by atoms with Crippen LogP contribution in [0.25, 0.3) is 0 Å². The van der Waals surface area contributed by atoms with Gasteiger partial charge in [-0.1, -0.05) is 30.1 Å². The molecule has 4 nitrogen and oxygen atoms in total. The molecule has 8 heteroatoms. The Morgan fingerprint density at radius 2 is 2.05 bits per heavy atom. The third kappa shape index (κ3) is 4.33. The molecule has 1 aliphatic rings. The zero-order valence-corrected chi connectivity index (χ0v) is 15.1. The normalized spacial score (nSPS) is 17.5. The summed E-state index contributed by atoms with van der Waals surface area (Å²) in [6, 6.07) is 1.45. The fraction of sp³-hybridized carbons (Fsp3) is 0.692. The number of hydrogen-bond acceptors (Lipinski definition) is 4. The molecule has 1 aliphatic heterocycles. The fourth-order valence-corrected chi connectivity index (χ4v) is 6.27. The van der Waals surface area contributed by atoms with Gasteiger partial charge in [-0.2, -0.15) is 4.31 Å². The molecular weight excluding hydrogens is 351 g/mol. The third-order valence-corrected chi connectivity index (χ3v) is 7.25. The van der Waals surface area contributed by atoms with E-state index >= 15 is 0 Å². The highest BCUT2D eigenvalue weighted by Gasteiger charge is 2.30. The molecule has 21 heavy (non-hydrogen) atoms. The minimum atomic E-state index is -3.57. The molecule has 0 saturated carbocycles. The minimum absolute atomic E-state index is 0.140. The summed E-state index contributed by atoms with van der Waals surface area (Å²) in [7, 11) is -3.57. The van der Waals surface area contributed by atoms with Crippen molar-refractivity contribution in [2.24, 2.45) is 5.92 Å². The zero-order valence-electron chi connectivity index (χ0n) is 11.9. The van der Waals surface area contributed by atoms with Crippen molar-refractivity contribution in [1.82, 2.24) is 9.62 Å². The quantitative estimate of drug-likeness (QED) is 0.833. The predicted octanol–water partition coefficient (Wildman–Crippen LogP) is 3.46. The van der Waals surface area contributed by atoms with E-state index in [1.54, 1.807) is 4.31 Å². The summed E-state index contributed by atoms with van der Waals surface area (Å²) in [6.07, 6.45) is 2.79. The van der Waals surface area contributed by atoms with E-state index < -0.39 is 10.0 Å². The van der Waals surface area contributed by atoms with Gasteiger partial charge >= 0.3 is 0 Å². The van der Waals surface area contributed by atoms with Crippen molar-refractivity contribution in [3.8, 4) is 0 Å². The molecule has 2 rings (SSSR count). The zero-order chi connectivity index (χ0) is 15.5. The first-order chi connectivity index (χ1) is 9.95. The SMILES string of the molecule is CCCN(CC1CCNCC1)S(=O)(=O)c1cc(Cl)sc1Cl. The molecule has 1 fully saturated rings. The Morgan fingerprint density at radius 3 is 2.57 bits per heavy atom. The molecule has 0 bridgehead atoms. The summed E-state index contributed by atoms with van der Waals surface area (Å²) >= 11 is 13.0. The van der Waals surface area contributed by atoms with Gasteiger partial charge in [0.25, 0.3) is 0 Å². The minimum Gasteiger partial charge on any atom is -0.317 e. The number of sulfonamides is 1. The highest BCUT2D eigenvalue weighted by atomic mass is 35.5. The second kappa shape index (κ2) is 7.62. The number of nitrogens with zero attached hydrogens (tertiary/aromatic N) is 1. The van der Waals surface area contributed by atoms with E-state index in [2.05, 4.69) is 5.32 Å². The first-order valence-corrected chi connectivity index (χ1v) is 10.1. The molecular formula is C13H20Cl2N2O2S2. The monoisotopic (exact) mass is 370 g/mol. The first kappa shape index (κ1) is 17.5. The highest BCUT2D eigenvalue weighted by Crippen LogP contribution is 2.36. The first-order valence-electron chi connectivity index (χ1n) is 7.11. The van der Waals surface area contributed by atoms with Gasteiger partial charge in [-0.25, -0.2) is 8.42 Å². The van der Waals surface area contributed by atoms with Crippen molar-refractivity contribution < 1.29 is 8.42 Å². The molecule has 1 saturated heterocycles. The van der Waals surface area contributed by atoms with Crippen LogP contribution in [0.5, 0.6) is 0 Å². The molecule has 1 aromatic heterocycles. The number of halogens is 2. The van der Waals surface area contributed by atoms with Gasteiger partial charge in [0.15, 0.2) is 0 Å². The smallest absolute Gasteiger partial charge is 0.245 e. The van der Waals surface area contributed by atoms with Gasteiger partial charge in [0.05, 0.1) is 4.34 Å². The van der Waals surface area contributed by atoms with Gasteiger partial charge in [0, 0.05) is 13.1 Å². The summed E-state index contributed by atoms with van der Waals surface area (Å²) in [5.74, 6) is 0.403. The van der Waals surface area contributed by atoms with E-state index in [9.17, 15) is 8.42 Å². The maximum Gasteiger partial charge on any atom is 0.245 e. The number of piperidine rings is 1. The molecule has 1 aromatic rings. The standard InChI is InChI=1S/C13H20Cl2N2O2S2/c1-2-7-17(9-10-3-5-16-6-4-10)21(18,19)11-8-12(14)20-13(11)15/h8,10,16H,2-7,9H2,1H3. The molecule has 0 amide bonds. The Morgan fingerprint density at radius 1 is 1.38 bits per heavy atom. The molecule has 2 heterocycles. The lowest BCUT2D eigenvalue weighted by atomic mass is 9.98. The van der Waals surface area contributed by atoms with Crippen LogP contribution in [0.2, 0.25) is 8.67 Å².